The molecular weight excluding hydrogens is 196 g/mol. The van der Waals surface area contributed by atoms with Gasteiger partial charge in [0.1, 0.15) is 0 Å². The zero-order valence-electron chi connectivity index (χ0n) is 10.5. The summed E-state index contributed by atoms with van der Waals surface area (Å²) in [7, 11) is 0. The quantitative estimate of drug-likeness (QED) is 0.823. The van der Waals surface area contributed by atoms with Crippen LogP contribution in [0.3, 0.4) is 0 Å². The first-order chi connectivity index (χ1) is 7.61. The largest absolute Gasteiger partial charge is 0.393 e. The molecule has 3 unspecified atom stereocenters. The molecule has 1 nitrogen and oxygen atoms in total. The fourth-order valence-electron chi connectivity index (χ4n) is 2.82. The molecule has 2 rings (SSSR count). The third-order valence-corrected chi connectivity index (χ3v) is 4.57. The summed E-state index contributed by atoms with van der Waals surface area (Å²) in [5.41, 5.74) is 2.88. The average Bonchev–Trinajstić information content (AvgIpc) is 2.35. The molecule has 0 heterocycles. The Bertz CT molecular complexity index is 354. The van der Waals surface area contributed by atoms with Gasteiger partial charge in [-0.05, 0) is 36.3 Å². The standard InChI is InChI=1S/C15H22O/c1-4-11-6-8-12(9-7-11)13-10-14(16)15(13,3)5-2/h6-9,13-14,16H,4-5,10H2,1-3H3. The predicted molar refractivity (Wildman–Crippen MR) is 67.6 cm³/mol. The van der Waals surface area contributed by atoms with Crippen LogP contribution in [0.15, 0.2) is 24.3 Å². The van der Waals surface area contributed by atoms with Gasteiger partial charge in [0.15, 0.2) is 0 Å². The summed E-state index contributed by atoms with van der Waals surface area (Å²) in [6.45, 7) is 6.56. The van der Waals surface area contributed by atoms with E-state index in [1.165, 1.54) is 11.1 Å². The molecule has 1 aromatic rings. The van der Waals surface area contributed by atoms with Gasteiger partial charge in [-0.2, -0.15) is 0 Å². The van der Waals surface area contributed by atoms with Crippen molar-refractivity contribution >= 4 is 0 Å². The number of rotatable bonds is 3. The second-order valence-electron chi connectivity index (χ2n) is 5.26. The minimum Gasteiger partial charge on any atom is -0.393 e. The normalized spacial score (nSPS) is 33.5. The summed E-state index contributed by atoms with van der Waals surface area (Å²) in [6.07, 6.45) is 2.95. The van der Waals surface area contributed by atoms with Crippen molar-refractivity contribution in [3.05, 3.63) is 35.4 Å². The van der Waals surface area contributed by atoms with Crippen molar-refractivity contribution in [2.24, 2.45) is 5.41 Å². The molecule has 88 valence electrons. The smallest absolute Gasteiger partial charge is 0.0605 e. The summed E-state index contributed by atoms with van der Waals surface area (Å²) in [4.78, 5) is 0. The third kappa shape index (κ3) is 1.67. The Morgan fingerprint density at radius 1 is 1.25 bits per heavy atom. The van der Waals surface area contributed by atoms with Gasteiger partial charge in [-0.15, -0.1) is 0 Å². The van der Waals surface area contributed by atoms with Crippen LogP contribution in [0.2, 0.25) is 0 Å². The van der Waals surface area contributed by atoms with Crippen LogP contribution in [-0.4, -0.2) is 11.2 Å². The van der Waals surface area contributed by atoms with Crippen LogP contribution in [0.4, 0.5) is 0 Å². The lowest BCUT2D eigenvalue weighted by Crippen LogP contribution is -2.49. The van der Waals surface area contributed by atoms with Crippen molar-refractivity contribution in [1.29, 1.82) is 0 Å². The molecule has 0 amide bonds. The second-order valence-corrected chi connectivity index (χ2v) is 5.26. The third-order valence-electron chi connectivity index (χ3n) is 4.57. The van der Waals surface area contributed by atoms with E-state index in [1.807, 2.05) is 0 Å². The molecule has 1 heteroatoms. The maximum Gasteiger partial charge on any atom is 0.0605 e. The highest BCUT2D eigenvalue weighted by Crippen LogP contribution is 2.54. The summed E-state index contributed by atoms with van der Waals surface area (Å²) in [6, 6.07) is 8.92. The first-order valence-electron chi connectivity index (χ1n) is 6.38. The van der Waals surface area contributed by atoms with Crippen molar-refractivity contribution in [1.82, 2.24) is 0 Å². The minimum atomic E-state index is -0.117. The molecule has 0 radical (unpaired) electrons. The SMILES string of the molecule is CCc1ccc(C2CC(O)C2(C)CC)cc1. The van der Waals surface area contributed by atoms with E-state index in [2.05, 4.69) is 45.0 Å². The van der Waals surface area contributed by atoms with E-state index < -0.39 is 0 Å². The minimum absolute atomic E-state index is 0.0910. The van der Waals surface area contributed by atoms with Crippen molar-refractivity contribution in [3.63, 3.8) is 0 Å². The highest BCUT2D eigenvalue weighted by molar-refractivity contribution is 5.30. The highest BCUT2D eigenvalue weighted by atomic mass is 16.3. The summed E-state index contributed by atoms with van der Waals surface area (Å²) < 4.78 is 0. The molecule has 0 spiro atoms. The lowest BCUT2D eigenvalue weighted by Gasteiger charge is -2.51. The van der Waals surface area contributed by atoms with Crippen LogP contribution in [0, 0.1) is 5.41 Å². The number of hydrogen-bond donors (Lipinski definition) is 1. The Labute approximate surface area is 98.5 Å². The van der Waals surface area contributed by atoms with Gasteiger partial charge >= 0.3 is 0 Å². The van der Waals surface area contributed by atoms with Gasteiger partial charge in [-0.25, -0.2) is 0 Å². The molecule has 1 saturated carbocycles. The van der Waals surface area contributed by atoms with E-state index in [4.69, 9.17) is 0 Å². The van der Waals surface area contributed by atoms with Gasteiger partial charge < -0.3 is 5.11 Å². The molecular formula is C15H22O. The average molecular weight is 218 g/mol. The molecule has 0 bridgehead atoms. The van der Waals surface area contributed by atoms with Gasteiger partial charge in [0.2, 0.25) is 0 Å². The van der Waals surface area contributed by atoms with Gasteiger partial charge in [0.05, 0.1) is 6.10 Å². The molecule has 1 N–H and O–H groups in total. The molecule has 1 aromatic carbocycles. The Morgan fingerprint density at radius 3 is 2.31 bits per heavy atom. The Morgan fingerprint density at radius 2 is 1.88 bits per heavy atom. The van der Waals surface area contributed by atoms with E-state index in [0.717, 1.165) is 19.3 Å². The van der Waals surface area contributed by atoms with Gasteiger partial charge in [0, 0.05) is 5.41 Å². The summed E-state index contributed by atoms with van der Waals surface area (Å²) in [5.74, 6) is 0.540. The maximum absolute atomic E-state index is 9.90. The monoisotopic (exact) mass is 218 g/mol. The first-order valence-corrected chi connectivity index (χ1v) is 6.38. The van der Waals surface area contributed by atoms with E-state index in [-0.39, 0.29) is 11.5 Å². The fourth-order valence-corrected chi connectivity index (χ4v) is 2.82. The van der Waals surface area contributed by atoms with Gasteiger partial charge in [0.25, 0.3) is 0 Å². The van der Waals surface area contributed by atoms with Crippen LogP contribution in [0.5, 0.6) is 0 Å². The van der Waals surface area contributed by atoms with Crippen LogP contribution >= 0.6 is 0 Å². The molecule has 1 fully saturated rings. The number of aryl methyl sites for hydroxylation is 1. The van der Waals surface area contributed by atoms with Crippen LogP contribution < -0.4 is 0 Å². The topological polar surface area (TPSA) is 20.2 Å². The van der Waals surface area contributed by atoms with Gasteiger partial charge in [-0.3, -0.25) is 0 Å². The molecule has 3 atom stereocenters. The number of aliphatic hydroxyl groups is 1. The Hall–Kier alpha value is -0.820. The van der Waals surface area contributed by atoms with Crippen molar-refractivity contribution in [2.75, 3.05) is 0 Å². The lowest BCUT2D eigenvalue weighted by molar-refractivity contribution is -0.0777. The molecule has 0 aromatic heterocycles. The molecule has 0 aliphatic heterocycles. The zero-order valence-corrected chi connectivity index (χ0v) is 10.5. The number of hydrogen-bond acceptors (Lipinski definition) is 1. The van der Waals surface area contributed by atoms with Crippen molar-refractivity contribution in [3.8, 4) is 0 Å². The number of benzene rings is 1. The van der Waals surface area contributed by atoms with Crippen LogP contribution in [0.25, 0.3) is 0 Å². The molecule has 0 saturated heterocycles. The zero-order chi connectivity index (χ0) is 11.8. The van der Waals surface area contributed by atoms with E-state index in [1.54, 1.807) is 0 Å². The van der Waals surface area contributed by atoms with E-state index in [9.17, 15) is 5.11 Å². The maximum atomic E-state index is 9.90. The van der Waals surface area contributed by atoms with E-state index >= 15 is 0 Å². The molecule has 16 heavy (non-hydrogen) atoms. The predicted octanol–water partition coefficient (Wildman–Crippen LogP) is 3.51. The molecule has 1 aliphatic rings. The van der Waals surface area contributed by atoms with Crippen molar-refractivity contribution in [2.45, 2.75) is 52.1 Å². The Kier molecular flexibility index (Phi) is 3.07. The molecule has 1 aliphatic carbocycles. The first kappa shape index (κ1) is 11.7. The number of aliphatic hydroxyl groups excluding tert-OH is 1. The lowest BCUT2D eigenvalue weighted by atomic mass is 9.55. The van der Waals surface area contributed by atoms with E-state index in [0.29, 0.717) is 5.92 Å². The van der Waals surface area contributed by atoms with Crippen LogP contribution in [0.1, 0.15) is 50.7 Å². The van der Waals surface area contributed by atoms with Gasteiger partial charge in [-0.1, -0.05) is 45.0 Å². The Balaban J connectivity index is 2.19. The summed E-state index contributed by atoms with van der Waals surface area (Å²) in [5, 5.41) is 9.90. The van der Waals surface area contributed by atoms with Crippen molar-refractivity contribution < 1.29 is 5.11 Å². The summed E-state index contributed by atoms with van der Waals surface area (Å²) >= 11 is 0. The second kappa shape index (κ2) is 4.21. The highest BCUT2D eigenvalue weighted by Gasteiger charge is 2.49. The fraction of sp³-hybridized carbons (Fsp3) is 0.600. The van der Waals surface area contributed by atoms with Crippen LogP contribution in [-0.2, 0) is 6.42 Å².